The van der Waals surface area contributed by atoms with Crippen LogP contribution in [0.1, 0.15) is 18.7 Å². The van der Waals surface area contributed by atoms with Crippen LogP contribution in [0.5, 0.6) is 0 Å². The van der Waals surface area contributed by atoms with Crippen LogP contribution in [0.15, 0.2) is 30.6 Å². The van der Waals surface area contributed by atoms with E-state index in [0.29, 0.717) is 0 Å². The van der Waals surface area contributed by atoms with Crippen LogP contribution >= 0.6 is 0 Å². The highest BCUT2D eigenvalue weighted by molar-refractivity contribution is 5.62. The summed E-state index contributed by atoms with van der Waals surface area (Å²) in [6, 6.07) is 0. The lowest BCUT2D eigenvalue weighted by Gasteiger charge is -2.04. The second-order valence-electron chi connectivity index (χ2n) is 2.60. The molecule has 1 heterocycles. The molecule has 56 valence electrons. The third-order valence-corrected chi connectivity index (χ3v) is 1.82. The Morgan fingerprint density at radius 2 is 2.45 bits per heavy atom. The number of allylic oxidation sites excluding steroid dienone is 4. The topological polar surface area (TPSA) is 28.7 Å². The van der Waals surface area contributed by atoms with E-state index in [-0.39, 0.29) is 0 Å². The van der Waals surface area contributed by atoms with Crippen LogP contribution in [-0.4, -0.2) is 9.97 Å². The molecule has 0 amide bonds. The van der Waals surface area contributed by atoms with Gasteiger partial charge in [-0.25, -0.2) is 4.98 Å². The summed E-state index contributed by atoms with van der Waals surface area (Å²) in [6.07, 6.45) is 12.2. The molecule has 0 aliphatic heterocycles. The van der Waals surface area contributed by atoms with Gasteiger partial charge in [-0.2, -0.15) is 0 Å². The van der Waals surface area contributed by atoms with Crippen molar-refractivity contribution in [3.8, 4) is 0 Å². The average molecular weight is 146 g/mol. The Kier molecular flexibility index (Phi) is 1.60. The zero-order chi connectivity index (χ0) is 7.52. The van der Waals surface area contributed by atoms with Gasteiger partial charge in [0, 0.05) is 12.4 Å². The molecule has 0 radical (unpaired) electrons. The maximum Gasteiger partial charge on any atom is 0.133 e. The van der Waals surface area contributed by atoms with E-state index >= 15 is 0 Å². The van der Waals surface area contributed by atoms with Gasteiger partial charge in [-0.15, -0.1) is 0 Å². The van der Waals surface area contributed by atoms with Gasteiger partial charge in [0.05, 0.1) is 0 Å². The van der Waals surface area contributed by atoms with Gasteiger partial charge in [0.1, 0.15) is 5.82 Å². The molecule has 0 bridgehead atoms. The minimum Gasteiger partial charge on any atom is -0.345 e. The Balaban J connectivity index is 2.29. The van der Waals surface area contributed by atoms with Crippen LogP contribution < -0.4 is 0 Å². The van der Waals surface area contributed by atoms with E-state index < -0.39 is 0 Å². The molecule has 11 heavy (non-hydrogen) atoms. The normalized spacial score (nSPS) is 16.5. The predicted molar refractivity (Wildman–Crippen MR) is 44.9 cm³/mol. The Morgan fingerprint density at radius 3 is 3.09 bits per heavy atom. The Labute approximate surface area is 65.7 Å². The number of rotatable bonds is 1. The van der Waals surface area contributed by atoms with Crippen molar-refractivity contribution < 1.29 is 0 Å². The SMILES string of the molecule is C1=CCCC(c2ncc[nH]2)=C1. The fourth-order valence-corrected chi connectivity index (χ4v) is 1.24. The van der Waals surface area contributed by atoms with Gasteiger partial charge in [-0.1, -0.05) is 18.2 Å². The summed E-state index contributed by atoms with van der Waals surface area (Å²) in [5.41, 5.74) is 1.30. The first kappa shape index (κ1) is 6.40. The molecule has 0 saturated heterocycles. The number of hydrogen-bond donors (Lipinski definition) is 1. The Morgan fingerprint density at radius 1 is 1.45 bits per heavy atom. The van der Waals surface area contributed by atoms with E-state index in [1.165, 1.54) is 5.57 Å². The van der Waals surface area contributed by atoms with Crippen molar-refractivity contribution in [1.82, 2.24) is 9.97 Å². The first-order valence-corrected chi connectivity index (χ1v) is 3.82. The molecule has 0 spiro atoms. The Hall–Kier alpha value is -1.31. The number of imidazole rings is 1. The van der Waals surface area contributed by atoms with Crippen LogP contribution in [0, 0.1) is 0 Å². The molecular formula is C9H10N2. The molecule has 2 nitrogen and oxygen atoms in total. The van der Waals surface area contributed by atoms with Crippen molar-refractivity contribution in [1.29, 1.82) is 0 Å². The molecule has 2 rings (SSSR count). The Bertz CT molecular complexity index is 281. The van der Waals surface area contributed by atoms with Crippen molar-refractivity contribution in [3.63, 3.8) is 0 Å². The lowest BCUT2D eigenvalue weighted by molar-refractivity contribution is 1.03. The second-order valence-corrected chi connectivity index (χ2v) is 2.60. The van der Waals surface area contributed by atoms with Gasteiger partial charge in [-0.3, -0.25) is 0 Å². The number of nitrogens with zero attached hydrogens (tertiary/aromatic N) is 1. The highest BCUT2D eigenvalue weighted by atomic mass is 14.9. The number of aromatic amines is 1. The summed E-state index contributed by atoms with van der Waals surface area (Å²) in [5.74, 6) is 1.01. The number of aromatic nitrogens is 2. The van der Waals surface area contributed by atoms with Crippen molar-refractivity contribution in [3.05, 3.63) is 36.4 Å². The average Bonchev–Trinajstić information content (AvgIpc) is 2.58. The molecular weight excluding hydrogens is 136 g/mol. The van der Waals surface area contributed by atoms with Crippen LogP contribution in [-0.2, 0) is 0 Å². The number of nitrogens with one attached hydrogen (secondary N) is 1. The minimum absolute atomic E-state index is 1.01. The largest absolute Gasteiger partial charge is 0.345 e. The molecule has 1 aliphatic carbocycles. The number of hydrogen-bond acceptors (Lipinski definition) is 1. The van der Waals surface area contributed by atoms with E-state index in [1.807, 2.05) is 6.20 Å². The van der Waals surface area contributed by atoms with E-state index in [4.69, 9.17) is 0 Å². The van der Waals surface area contributed by atoms with E-state index in [1.54, 1.807) is 6.20 Å². The molecule has 1 aliphatic rings. The summed E-state index contributed by atoms with van der Waals surface area (Å²) in [5, 5.41) is 0. The van der Waals surface area contributed by atoms with Gasteiger partial charge in [0.2, 0.25) is 0 Å². The van der Waals surface area contributed by atoms with Gasteiger partial charge in [-0.05, 0) is 18.4 Å². The van der Waals surface area contributed by atoms with Gasteiger partial charge >= 0.3 is 0 Å². The van der Waals surface area contributed by atoms with E-state index in [9.17, 15) is 0 Å². The lowest BCUT2D eigenvalue weighted by atomic mass is 10.1. The molecule has 0 unspecified atom stereocenters. The van der Waals surface area contributed by atoms with Crippen molar-refractivity contribution in [2.24, 2.45) is 0 Å². The summed E-state index contributed by atoms with van der Waals surface area (Å²) in [4.78, 5) is 7.28. The number of H-pyrrole nitrogens is 1. The van der Waals surface area contributed by atoms with Gasteiger partial charge in [0.15, 0.2) is 0 Å². The third kappa shape index (κ3) is 1.24. The highest BCUT2D eigenvalue weighted by Gasteiger charge is 2.03. The zero-order valence-corrected chi connectivity index (χ0v) is 6.25. The maximum absolute atomic E-state index is 4.18. The van der Waals surface area contributed by atoms with E-state index in [0.717, 1.165) is 18.7 Å². The van der Waals surface area contributed by atoms with Crippen LogP contribution in [0.3, 0.4) is 0 Å². The van der Waals surface area contributed by atoms with Crippen LogP contribution in [0.25, 0.3) is 5.57 Å². The second kappa shape index (κ2) is 2.74. The maximum atomic E-state index is 4.18. The first-order chi connectivity index (χ1) is 5.47. The summed E-state index contributed by atoms with van der Waals surface area (Å²) in [6.45, 7) is 0. The molecule has 0 fully saturated rings. The fraction of sp³-hybridized carbons (Fsp3) is 0.222. The smallest absolute Gasteiger partial charge is 0.133 e. The third-order valence-electron chi connectivity index (χ3n) is 1.82. The van der Waals surface area contributed by atoms with Crippen LogP contribution in [0.2, 0.25) is 0 Å². The molecule has 0 atom stereocenters. The molecule has 0 aromatic carbocycles. The molecule has 2 heteroatoms. The fourth-order valence-electron chi connectivity index (χ4n) is 1.24. The summed E-state index contributed by atoms with van der Waals surface area (Å²) >= 11 is 0. The quantitative estimate of drug-likeness (QED) is 0.646. The minimum atomic E-state index is 1.01. The summed E-state index contributed by atoms with van der Waals surface area (Å²) < 4.78 is 0. The lowest BCUT2D eigenvalue weighted by Crippen LogP contribution is -1.89. The highest BCUT2D eigenvalue weighted by Crippen LogP contribution is 2.19. The monoisotopic (exact) mass is 146 g/mol. The van der Waals surface area contributed by atoms with Gasteiger partial charge in [0.25, 0.3) is 0 Å². The molecule has 1 N–H and O–H groups in total. The predicted octanol–water partition coefficient (Wildman–Crippen LogP) is 2.14. The molecule has 0 saturated carbocycles. The van der Waals surface area contributed by atoms with Crippen molar-refractivity contribution in [2.75, 3.05) is 0 Å². The molecule has 1 aromatic rings. The van der Waals surface area contributed by atoms with Crippen molar-refractivity contribution >= 4 is 5.57 Å². The van der Waals surface area contributed by atoms with E-state index in [2.05, 4.69) is 28.2 Å². The zero-order valence-electron chi connectivity index (χ0n) is 6.25. The summed E-state index contributed by atoms with van der Waals surface area (Å²) in [7, 11) is 0. The molecule has 1 aromatic heterocycles. The van der Waals surface area contributed by atoms with Gasteiger partial charge < -0.3 is 4.98 Å². The van der Waals surface area contributed by atoms with Crippen LogP contribution in [0.4, 0.5) is 0 Å². The van der Waals surface area contributed by atoms with Crippen molar-refractivity contribution in [2.45, 2.75) is 12.8 Å². The standard InChI is InChI=1S/C9H10N2/c1-2-4-8(5-3-1)9-10-6-7-11-9/h1-2,4,6-7H,3,5H2,(H,10,11). The first-order valence-electron chi connectivity index (χ1n) is 3.82.